The van der Waals surface area contributed by atoms with Crippen molar-refractivity contribution in [3.63, 3.8) is 0 Å². The highest BCUT2D eigenvalue weighted by molar-refractivity contribution is 5.91. The third-order valence-electron chi connectivity index (χ3n) is 3.03. The molecule has 0 bridgehead atoms. The molecular formula is C16H24N4O2. The van der Waals surface area contributed by atoms with Crippen LogP contribution in [0.5, 0.6) is 0 Å². The summed E-state index contributed by atoms with van der Waals surface area (Å²) >= 11 is 0. The van der Waals surface area contributed by atoms with Gasteiger partial charge in [0.15, 0.2) is 0 Å². The van der Waals surface area contributed by atoms with Crippen LogP contribution >= 0.6 is 0 Å². The number of carbonyl (C=O) groups is 1. The van der Waals surface area contributed by atoms with E-state index in [0.29, 0.717) is 16.9 Å². The molecule has 0 atom stereocenters. The smallest absolute Gasteiger partial charge is 0.412 e. The van der Waals surface area contributed by atoms with Crippen LogP contribution in [0, 0.1) is 11.3 Å². The number of rotatable bonds is 4. The Balaban J connectivity index is 3.14. The molecular weight excluding hydrogens is 280 g/mol. The third kappa shape index (κ3) is 4.55. The van der Waals surface area contributed by atoms with Crippen LogP contribution in [0.15, 0.2) is 12.1 Å². The quantitative estimate of drug-likeness (QED) is 0.832. The first-order valence-electron chi connectivity index (χ1n) is 7.30. The Hall–Kier alpha value is -2.42. The summed E-state index contributed by atoms with van der Waals surface area (Å²) in [7, 11) is 0. The highest BCUT2D eigenvalue weighted by Crippen LogP contribution is 2.30. The van der Waals surface area contributed by atoms with E-state index in [1.54, 1.807) is 32.9 Å². The van der Waals surface area contributed by atoms with Gasteiger partial charge in [0.1, 0.15) is 11.7 Å². The molecule has 0 aliphatic heterocycles. The molecule has 0 aliphatic rings. The number of anilines is 3. The minimum absolute atomic E-state index is 0.332. The van der Waals surface area contributed by atoms with Crippen LogP contribution in [0.3, 0.4) is 0 Å². The lowest BCUT2D eigenvalue weighted by Crippen LogP contribution is -2.28. The SMILES string of the molecule is CCN(CC)c1cc(NC(=O)OC(C)(C)C)c(N)cc1C#N. The molecule has 22 heavy (non-hydrogen) atoms. The number of carbonyl (C=O) groups excluding carboxylic acids is 1. The van der Waals surface area contributed by atoms with Gasteiger partial charge in [-0.1, -0.05) is 0 Å². The molecule has 1 amide bonds. The maximum atomic E-state index is 11.9. The molecule has 0 fully saturated rings. The number of benzene rings is 1. The molecule has 0 aliphatic carbocycles. The van der Waals surface area contributed by atoms with E-state index in [4.69, 9.17) is 10.5 Å². The molecule has 0 unspecified atom stereocenters. The molecule has 1 aromatic rings. The van der Waals surface area contributed by atoms with Crippen LogP contribution in [-0.4, -0.2) is 24.8 Å². The summed E-state index contributed by atoms with van der Waals surface area (Å²) in [5.74, 6) is 0. The van der Waals surface area contributed by atoms with Gasteiger partial charge in [-0.2, -0.15) is 5.26 Å². The molecule has 0 aromatic heterocycles. The summed E-state index contributed by atoms with van der Waals surface area (Å²) in [6.07, 6.45) is -0.575. The summed E-state index contributed by atoms with van der Waals surface area (Å²) in [5.41, 5.74) is 7.33. The summed E-state index contributed by atoms with van der Waals surface area (Å²) in [4.78, 5) is 13.9. The fraction of sp³-hybridized carbons (Fsp3) is 0.500. The first-order valence-corrected chi connectivity index (χ1v) is 7.30. The van der Waals surface area contributed by atoms with E-state index in [1.165, 1.54) is 0 Å². The van der Waals surface area contributed by atoms with Crippen molar-refractivity contribution in [3.05, 3.63) is 17.7 Å². The zero-order chi connectivity index (χ0) is 16.9. The largest absolute Gasteiger partial charge is 0.444 e. The maximum absolute atomic E-state index is 11.9. The van der Waals surface area contributed by atoms with Gasteiger partial charge in [-0.15, -0.1) is 0 Å². The van der Waals surface area contributed by atoms with Gasteiger partial charge in [0.05, 0.1) is 22.6 Å². The van der Waals surface area contributed by atoms with E-state index < -0.39 is 11.7 Å². The van der Waals surface area contributed by atoms with E-state index in [-0.39, 0.29) is 0 Å². The van der Waals surface area contributed by atoms with Crippen molar-refractivity contribution in [2.24, 2.45) is 0 Å². The number of nitrogens with one attached hydrogen (secondary N) is 1. The zero-order valence-corrected chi connectivity index (χ0v) is 13.9. The second kappa shape index (κ2) is 7.03. The first-order chi connectivity index (χ1) is 10.2. The number of hydrogen-bond acceptors (Lipinski definition) is 5. The fourth-order valence-corrected chi connectivity index (χ4v) is 2.04. The number of nitrogens with zero attached hydrogens (tertiary/aromatic N) is 2. The topological polar surface area (TPSA) is 91.4 Å². The van der Waals surface area contributed by atoms with Gasteiger partial charge in [0.2, 0.25) is 0 Å². The van der Waals surface area contributed by atoms with Crippen molar-refractivity contribution in [1.29, 1.82) is 5.26 Å². The van der Waals surface area contributed by atoms with Gasteiger partial charge in [-0.05, 0) is 46.8 Å². The fourth-order valence-electron chi connectivity index (χ4n) is 2.04. The monoisotopic (exact) mass is 304 g/mol. The van der Waals surface area contributed by atoms with Crippen LogP contribution in [0.2, 0.25) is 0 Å². The predicted octanol–water partition coefficient (Wildman–Crippen LogP) is 3.33. The van der Waals surface area contributed by atoms with Crippen LogP contribution in [0.25, 0.3) is 0 Å². The molecule has 1 aromatic carbocycles. The van der Waals surface area contributed by atoms with E-state index in [1.807, 2.05) is 18.7 Å². The summed E-state index contributed by atoms with van der Waals surface area (Å²) in [5, 5.41) is 11.9. The maximum Gasteiger partial charge on any atom is 0.412 e. The van der Waals surface area contributed by atoms with Crippen molar-refractivity contribution < 1.29 is 9.53 Å². The molecule has 1 rings (SSSR count). The van der Waals surface area contributed by atoms with Crippen LogP contribution in [0.4, 0.5) is 21.9 Å². The van der Waals surface area contributed by atoms with Gasteiger partial charge >= 0.3 is 6.09 Å². The van der Waals surface area contributed by atoms with Gasteiger partial charge in [0, 0.05) is 13.1 Å². The second-order valence-electron chi connectivity index (χ2n) is 5.87. The predicted molar refractivity (Wildman–Crippen MR) is 89.0 cm³/mol. The van der Waals surface area contributed by atoms with Gasteiger partial charge in [-0.3, -0.25) is 5.32 Å². The number of amides is 1. The lowest BCUT2D eigenvalue weighted by molar-refractivity contribution is 0.0636. The highest BCUT2D eigenvalue weighted by Gasteiger charge is 2.18. The van der Waals surface area contributed by atoms with Crippen molar-refractivity contribution in [2.45, 2.75) is 40.2 Å². The Morgan fingerprint density at radius 3 is 2.41 bits per heavy atom. The third-order valence-corrected chi connectivity index (χ3v) is 3.03. The van der Waals surface area contributed by atoms with E-state index in [2.05, 4.69) is 11.4 Å². The van der Waals surface area contributed by atoms with Crippen LogP contribution < -0.4 is 16.0 Å². The van der Waals surface area contributed by atoms with Crippen molar-refractivity contribution in [3.8, 4) is 6.07 Å². The number of nitriles is 1. The average Bonchev–Trinajstić information content (AvgIpc) is 2.41. The Morgan fingerprint density at radius 1 is 1.36 bits per heavy atom. The molecule has 120 valence electrons. The number of hydrogen-bond donors (Lipinski definition) is 2. The van der Waals surface area contributed by atoms with Gasteiger partial charge < -0.3 is 15.4 Å². The van der Waals surface area contributed by atoms with Gasteiger partial charge in [-0.25, -0.2) is 4.79 Å². The molecule has 0 saturated heterocycles. The highest BCUT2D eigenvalue weighted by atomic mass is 16.6. The summed E-state index contributed by atoms with van der Waals surface area (Å²) < 4.78 is 5.22. The number of nitrogens with two attached hydrogens (primary N) is 1. The second-order valence-corrected chi connectivity index (χ2v) is 5.87. The Kier molecular flexibility index (Phi) is 5.63. The molecule has 6 heteroatoms. The normalized spacial score (nSPS) is 10.7. The Morgan fingerprint density at radius 2 is 1.95 bits per heavy atom. The first kappa shape index (κ1) is 17.6. The Bertz CT molecular complexity index is 581. The molecule has 0 heterocycles. The van der Waals surface area contributed by atoms with Crippen molar-refractivity contribution >= 4 is 23.2 Å². The van der Waals surface area contributed by atoms with E-state index in [9.17, 15) is 10.1 Å². The lowest BCUT2D eigenvalue weighted by Gasteiger charge is -2.24. The van der Waals surface area contributed by atoms with Crippen LogP contribution in [-0.2, 0) is 4.74 Å². The van der Waals surface area contributed by atoms with Crippen LogP contribution in [0.1, 0.15) is 40.2 Å². The van der Waals surface area contributed by atoms with E-state index in [0.717, 1.165) is 18.8 Å². The molecule has 0 radical (unpaired) electrons. The zero-order valence-electron chi connectivity index (χ0n) is 13.9. The van der Waals surface area contributed by atoms with Crippen molar-refractivity contribution in [2.75, 3.05) is 29.0 Å². The minimum Gasteiger partial charge on any atom is -0.444 e. The van der Waals surface area contributed by atoms with Crippen molar-refractivity contribution in [1.82, 2.24) is 0 Å². The molecule has 3 N–H and O–H groups in total. The Labute approximate surface area is 131 Å². The lowest BCUT2D eigenvalue weighted by atomic mass is 10.1. The minimum atomic E-state index is -0.590. The number of nitrogen functional groups attached to an aromatic ring is 1. The van der Waals surface area contributed by atoms with Gasteiger partial charge in [0.25, 0.3) is 0 Å². The molecule has 6 nitrogen and oxygen atoms in total. The van der Waals surface area contributed by atoms with E-state index >= 15 is 0 Å². The standard InChI is InChI=1S/C16H24N4O2/c1-6-20(7-2)14-9-13(12(18)8-11(14)10-17)19-15(21)22-16(3,4)5/h8-9H,6-7,18H2,1-5H3,(H,19,21). The molecule has 0 spiro atoms. The average molecular weight is 304 g/mol. The summed E-state index contributed by atoms with van der Waals surface area (Å²) in [6.45, 7) is 10.9. The molecule has 0 saturated carbocycles. The summed E-state index contributed by atoms with van der Waals surface area (Å²) in [6, 6.07) is 5.42. The number of ether oxygens (including phenoxy) is 1.